The van der Waals surface area contributed by atoms with Crippen molar-refractivity contribution in [3.05, 3.63) is 72.6 Å². The predicted molar refractivity (Wildman–Crippen MR) is 128 cm³/mol. The molecule has 170 valence electrons. The lowest BCUT2D eigenvalue weighted by molar-refractivity contribution is -0.139. The van der Waals surface area contributed by atoms with Crippen molar-refractivity contribution >= 4 is 22.8 Å². The Labute approximate surface area is 192 Å². The molecule has 4 aromatic rings. The third kappa shape index (κ3) is 5.67. The van der Waals surface area contributed by atoms with Crippen molar-refractivity contribution in [1.82, 2.24) is 20.3 Å². The zero-order valence-electron chi connectivity index (χ0n) is 18.7. The molecule has 2 heterocycles. The second-order valence-electron chi connectivity index (χ2n) is 7.57. The number of aromatic amines is 1. The van der Waals surface area contributed by atoms with Gasteiger partial charge in [-0.15, -0.1) is 0 Å². The Bertz CT molecular complexity index is 1190. The first-order valence-corrected chi connectivity index (χ1v) is 10.8. The van der Waals surface area contributed by atoms with Gasteiger partial charge in [0.2, 0.25) is 0 Å². The number of rotatable bonds is 10. The van der Waals surface area contributed by atoms with Gasteiger partial charge >= 0.3 is 5.97 Å². The van der Waals surface area contributed by atoms with Gasteiger partial charge < -0.3 is 25.1 Å². The van der Waals surface area contributed by atoms with Crippen LogP contribution in [0.15, 0.2) is 67.0 Å². The summed E-state index contributed by atoms with van der Waals surface area (Å²) in [6, 6.07) is 20.3. The number of ether oxygens (including phenoxy) is 2. The lowest BCUT2D eigenvalue weighted by atomic mass is 10.1. The van der Waals surface area contributed by atoms with Crippen LogP contribution in [0, 0.1) is 0 Å². The summed E-state index contributed by atoms with van der Waals surface area (Å²) in [5, 5.41) is 7.39. The summed E-state index contributed by atoms with van der Waals surface area (Å²) >= 11 is 0. The zero-order valence-corrected chi connectivity index (χ0v) is 18.7. The van der Waals surface area contributed by atoms with E-state index in [2.05, 4.69) is 55.4 Å². The van der Waals surface area contributed by atoms with Crippen LogP contribution in [0.25, 0.3) is 22.3 Å². The Morgan fingerprint density at radius 3 is 2.64 bits per heavy atom. The standard InChI is InChI=1S/C25H27N5O3/c1-17(18-6-4-3-5-7-18)29-24-21-14-22(30-25(21)28-16-27-24)19-8-10-20(11-9-19)33-13-12-26-15-23(31)32-2/h3-11,14,16-17,26H,12-13,15H2,1-2H3,(H2,27,28,29,30)/t17-/m1/s1. The van der Waals surface area contributed by atoms with Crippen molar-refractivity contribution in [3.63, 3.8) is 0 Å². The number of esters is 1. The van der Waals surface area contributed by atoms with Gasteiger partial charge in [-0.2, -0.15) is 0 Å². The topological polar surface area (TPSA) is 101 Å². The highest BCUT2D eigenvalue weighted by Crippen LogP contribution is 2.29. The Hall–Kier alpha value is -3.91. The van der Waals surface area contributed by atoms with E-state index in [1.165, 1.54) is 12.7 Å². The van der Waals surface area contributed by atoms with Crippen molar-refractivity contribution in [1.29, 1.82) is 0 Å². The van der Waals surface area contributed by atoms with Gasteiger partial charge in [-0.1, -0.05) is 30.3 Å². The number of aromatic nitrogens is 3. The summed E-state index contributed by atoms with van der Waals surface area (Å²) in [5.41, 5.74) is 3.94. The molecule has 2 aromatic carbocycles. The van der Waals surface area contributed by atoms with Crippen LogP contribution in [0.5, 0.6) is 5.75 Å². The number of methoxy groups -OCH3 is 1. The smallest absolute Gasteiger partial charge is 0.319 e. The minimum atomic E-state index is -0.296. The molecule has 0 bridgehead atoms. The molecule has 8 nitrogen and oxygen atoms in total. The predicted octanol–water partition coefficient (Wildman–Crippen LogP) is 3.94. The number of hydrogen-bond acceptors (Lipinski definition) is 7. The highest BCUT2D eigenvalue weighted by molar-refractivity contribution is 5.91. The summed E-state index contributed by atoms with van der Waals surface area (Å²) in [6.45, 7) is 3.28. The molecule has 1 atom stereocenters. The SMILES string of the molecule is COC(=O)CNCCOc1ccc(-c2cc3c(N[C@H](C)c4ccccc4)ncnc3[nH]2)cc1. The van der Waals surface area contributed by atoms with Gasteiger partial charge in [0, 0.05) is 18.3 Å². The van der Waals surface area contributed by atoms with E-state index in [4.69, 9.17) is 4.74 Å². The van der Waals surface area contributed by atoms with Crippen LogP contribution in [-0.2, 0) is 9.53 Å². The molecule has 0 unspecified atom stereocenters. The number of carbonyl (C=O) groups is 1. The fraction of sp³-hybridized carbons (Fsp3) is 0.240. The monoisotopic (exact) mass is 445 g/mol. The lowest BCUT2D eigenvalue weighted by Gasteiger charge is -2.15. The molecule has 0 aliphatic heterocycles. The van der Waals surface area contributed by atoms with Gasteiger partial charge in [0.15, 0.2) is 0 Å². The van der Waals surface area contributed by atoms with E-state index < -0.39 is 0 Å². The molecule has 3 N–H and O–H groups in total. The van der Waals surface area contributed by atoms with Gasteiger partial charge in [0.25, 0.3) is 0 Å². The second kappa shape index (κ2) is 10.6. The summed E-state index contributed by atoms with van der Waals surface area (Å²) < 4.78 is 10.3. The van der Waals surface area contributed by atoms with Crippen molar-refractivity contribution in [2.75, 3.05) is 32.1 Å². The minimum Gasteiger partial charge on any atom is -0.492 e. The Morgan fingerprint density at radius 2 is 1.88 bits per heavy atom. The lowest BCUT2D eigenvalue weighted by Crippen LogP contribution is -2.27. The van der Waals surface area contributed by atoms with Gasteiger partial charge in [0.05, 0.1) is 19.0 Å². The average molecular weight is 446 g/mol. The number of fused-ring (bicyclic) bond motifs is 1. The van der Waals surface area contributed by atoms with E-state index in [0.29, 0.717) is 13.2 Å². The van der Waals surface area contributed by atoms with Gasteiger partial charge in [-0.3, -0.25) is 4.79 Å². The number of benzene rings is 2. The minimum absolute atomic E-state index is 0.112. The van der Waals surface area contributed by atoms with E-state index in [9.17, 15) is 4.79 Å². The average Bonchev–Trinajstić information content (AvgIpc) is 3.30. The molecule has 0 saturated heterocycles. The van der Waals surface area contributed by atoms with Crippen LogP contribution in [0.3, 0.4) is 0 Å². The first kappa shape index (κ1) is 22.3. The molecule has 0 saturated carbocycles. The molecular formula is C25H27N5O3. The van der Waals surface area contributed by atoms with Crippen LogP contribution >= 0.6 is 0 Å². The Balaban J connectivity index is 1.41. The highest BCUT2D eigenvalue weighted by Gasteiger charge is 2.12. The van der Waals surface area contributed by atoms with Crippen LogP contribution in [-0.4, -0.2) is 47.7 Å². The summed E-state index contributed by atoms with van der Waals surface area (Å²) in [5.74, 6) is 1.25. The molecule has 0 amide bonds. The van der Waals surface area contributed by atoms with Gasteiger partial charge in [-0.05, 0) is 48.4 Å². The van der Waals surface area contributed by atoms with Crippen molar-refractivity contribution < 1.29 is 14.3 Å². The fourth-order valence-electron chi connectivity index (χ4n) is 3.47. The van der Waals surface area contributed by atoms with Crippen molar-refractivity contribution in [3.8, 4) is 17.0 Å². The maximum Gasteiger partial charge on any atom is 0.319 e. The van der Waals surface area contributed by atoms with E-state index in [0.717, 1.165) is 33.9 Å². The molecule has 0 fully saturated rings. The van der Waals surface area contributed by atoms with E-state index in [-0.39, 0.29) is 18.6 Å². The number of H-pyrrole nitrogens is 1. The third-order valence-corrected chi connectivity index (χ3v) is 5.29. The first-order chi connectivity index (χ1) is 16.1. The zero-order chi connectivity index (χ0) is 23.0. The molecule has 0 aliphatic rings. The second-order valence-corrected chi connectivity index (χ2v) is 7.57. The van der Waals surface area contributed by atoms with E-state index >= 15 is 0 Å². The van der Waals surface area contributed by atoms with Crippen LogP contribution < -0.4 is 15.4 Å². The van der Waals surface area contributed by atoms with Crippen LogP contribution in [0.4, 0.5) is 5.82 Å². The number of anilines is 1. The largest absolute Gasteiger partial charge is 0.492 e. The van der Waals surface area contributed by atoms with Gasteiger partial charge in [-0.25, -0.2) is 9.97 Å². The Morgan fingerprint density at radius 1 is 1.09 bits per heavy atom. The molecule has 0 aliphatic carbocycles. The normalized spacial score (nSPS) is 11.8. The molecule has 0 spiro atoms. The molecule has 2 aromatic heterocycles. The molecule has 8 heteroatoms. The van der Waals surface area contributed by atoms with Crippen molar-refractivity contribution in [2.45, 2.75) is 13.0 Å². The van der Waals surface area contributed by atoms with Crippen LogP contribution in [0.1, 0.15) is 18.5 Å². The maximum atomic E-state index is 11.1. The fourth-order valence-corrected chi connectivity index (χ4v) is 3.47. The number of carbonyl (C=O) groups excluding carboxylic acids is 1. The van der Waals surface area contributed by atoms with E-state index in [1.807, 2.05) is 42.5 Å². The maximum absolute atomic E-state index is 11.1. The highest BCUT2D eigenvalue weighted by atomic mass is 16.5. The third-order valence-electron chi connectivity index (χ3n) is 5.29. The number of hydrogen-bond donors (Lipinski definition) is 3. The number of nitrogens with zero attached hydrogens (tertiary/aromatic N) is 2. The van der Waals surface area contributed by atoms with Crippen LogP contribution in [0.2, 0.25) is 0 Å². The summed E-state index contributed by atoms with van der Waals surface area (Å²) in [4.78, 5) is 23.3. The molecule has 4 rings (SSSR count). The van der Waals surface area contributed by atoms with E-state index in [1.54, 1.807) is 6.33 Å². The Kier molecular flexibility index (Phi) is 7.16. The first-order valence-electron chi connectivity index (χ1n) is 10.8. The quantitative estimate of drug-likeness (QED) is 0.251. The summed E-state index contributed by atoms with van der Waals surface area (Å²) in [6.07, 6.45) is 1.56. The van der Waals surface area contributed by atoms with Crippen molar-refractivity contribution in [2.24, 2.45) is 0 Å². The molecule has 0 radical (unpaired) electrons. The molecular weight excluding hydrogens is 418 g/mol. The molecule has 33 heavy (non-hydrogen) atoms. The van der Waals surface area contributed by atoms with Gasteiger partial charge in [0.1, 0.15) is 30.1 Å². The number of nitrogens with one attached hydrogen (secondary N) is 3. The summed E-state index contributed by atoms with van der Waals surface area (Å²) in [7, 11) is 1.37.